The summed E-state index contributed by atoms with van der Waals surface area (Å²) >= 11 is 0. The Hall–Kier alpha value is -1.98. The predicted molar refractivity (Wildman–Crippen MR) is 64.5 cm³/mol. The summed E-state index contributed by atoms with van der Waals surface area (Å²) in [6.07, 6.45) is -0.294. The molecule has 4 nitrogen and oxygen atoms in total. The van der Waals surface area contributed by atoms with Crippen LogP contribution in [0.3, 0.4) is 0 Å². The average molecular weight is 271 g/mol. The summed E-state index contributed by atoms with van der Waals surface area (Å²) < 4.78 is 26.1. The van der Waals surface area contributed by atoms with Gasteiger partial charge in [0.15, 0.2) is 0 Å². The van der Waals surface area contributed by atoms with Gasteiger partial charge in [0.05, 0.1) is 6.42 Å². The van der Waals surface area contributed by atoms with E-state index < -0.39 is 30.1 Å². The highest BCUT2D eigenvalue weighted by Crippen LogP contribution is 2.12. The molecule has 0 aliphatic heterocycles. The Bertz CT molecular complexity index is 489. The van der Waals surface area contributed by atoms with Crippen LogP contribution in [-0.4, -0.2) is 34.5 Å². The van der Waals surface area contributed by atoms with Crippen molar-refractivity contribution in [2.75, 3.05) is 6.54 Å². The lowest BCUT2D eigenvalue weighted by molar-refractivity contribution is -0.145. The molecule has 1 N–H and O–H groups in total. The third kappa shape index (κ3) is 4.31. The Balaban J connectivity index is 2.84. The molecule has 0 bridgehead atoms. The number of aliphatic carboxylic acids is 1. The zero-order valence-corrected chi connectivity index (χ0v) is 10.7. The number of amides is 1. The van der Waals surface area contributed by atoms with Gasteiger partial charge >= 0.3 is 5.97 Å². The summed E-state index contributed by atoms with van der Waals surface area (Å²) in [5, 5.41) is 8.72. The molecule has 0 radical (unpaired) electrons. The van der Waals surface area contributed by atoms with Gasteiger partial charge in [-0.05, 0) is 25.5 Å². The number of carboxylic acid groups (broad SMARTS) is 1. The third-order valence-corrected chi connectivity index (χ3v) is 2.61. The molecule has 0 atom stereocenters. The van der Waals surface area contributed by atoms with Crippen molar-refractivity contribution in [1.82, 2.24) is 4.90 Å². The minimum Gasteiger partial charge on any atom is -0.480 e. The third-order valence-electron chi connectivity index (χ3n) is 2.61. The molecule has 0 spiro atoms. The summed E-state index contributed by atoms with van der Waals surface area (Å²) in [5.74, 6) is -3.18. The molecule has 0 heterocycles. The molecule has 1 aromatic carbocycles. The largest absolute Gasteiger partial charge is 0.480 e. The molecule has 104 valence electrons. The van der Waals surface area contributed by atoms with Crippen molar-refractivity contribution in [1.29, 1.82) is 0 Å². The average Bonchev–Trinajstić information content (AvgIpc) is 2.29. The smallest absolute Gasteiger partial charge is 0.323 e. The number of halogens is 2. The lowest BCUT2D eigenvalue weighted by Crippen LogP contribution is -2.41. The van der Waals surface area contributed by atoms with E-state index in [4.69, 9.17) is 5.11 Å². The number of hydrogen-bond acceptors (Lipinski definition) is 2. The molecule has 1 rings (SSSR count). The number of hydrogen-bond donors (Lipinski definition) is 1. The molecule has 1 aromatic rings. The Morgan fingerprint density at radius 1 is 1.32 bits per heavy atom. The normalized spacial score (nSPS) is 10.6. The van der Waals surface area contributed by atoms with Gasteiger partial charge in [-0.2, -0.15) is 0 Å². The molecule has 0 saturated carbocycles. The predicted octanol–water partition coefficient (Wildman–Crippen LogP) is 1.83. The summed E-state index contributed by atoms with van der Waals surface area (Å²) in [6.45, 7) is 2.89. The standard InChI is InChI=1S/C13H15F2NO3/c1-8(2)16(7-13(18)19)12(17)5-9-3-4-10(14)6-11(9)15/h3-4,6,8H,5,7H2,1-2H3,(H,18,19). The van der Waals surface area contributed by atoms with Crippen LogP contribution in [0.15, 0.2) is 18.2 Å². The van der Waals surface area contributed by atoms with E-state index in [9.17, 15) is 18.4 Å². The second-order valence-corrected chi connectivity index (χ2v) is 4.42. The van der Waals surface area contributed by atoms with Gasteiger partial charge in [-0.3, -0.25) is 9.59 Å². The van der Waals surface area contributed by atoms with Crippen LogP contribution >= 0.6 is 0 Å². The summed E-state index contributed by atoms with van der Waals surface area (Å²) in [4.78, 5) is 23.7. The first-order valence-electron chi connectivity index (χ1n) is 5.76. The van der Waals surface area contributed by atoms with Crippen molar-refractivity contribution in [3.63, 3.8) is 0 Å². The van der Waals surface area contributed by atoms with Crippen LogP contribution in [0.1, 0.15) is 19.4 Å². The first kappa shape index (κ1) is 15.1. The first-order valence-corrected chi connectivity index (χ1v) is 5.76. The van der Waals surface area contributed by atoms with Crippen molar-refractivity contribution in [2.24, 2.45) is 0 Å². The Morgan fingerprint density at radius 2 is 1.95 bits per heavy atom. The van der Waals surface area contributed by atoms with Gasteiger partial charge in [0.1, 0.15) is 18.2 Å². The molecule has 6 heteroatoms. The van der Waals surface area contributed by atoms with E-state index in [0.717, 1.165) is 11.0 Å². The minimum atomic E-state index is -1.14. The van der Waals surface area contributed by atoms with Crippen LogP contribution in [0.25, 0.3) is 0 Å². The van der Waals surface area contributed by atoms with Gasteiger partial charge in [-0.1, -0.05) is 6.07 Å². The molecular formula is C13H15F2NO3. The van der Waals surface area contributed by atoms with Crippen LogP contribution in [0.4, 0.5) is 8.78 Å². The van der Waals surface area contributed by atoms with Crippen LogP contribution in [0, 0.1) is 11.6 Å². The van der Waals surface area contributed by atoms with E-state index in [1.807, 2.05) is 0 Å². The van der Waals surface area contributed by atoms with E-state index in [-0.39, 0.29) is 18.0 Å². The second kappa shape index (κ2) is 6.26. The monoisotopic (exact) mass is 271 g/mol. The van der Waals surface area contributed by atoms with Crippen LogP contribution in [0.2, 0.25) is 0 Å². The lowest BCUT2D eigenvalue weighted by atomic mass is 10.1. The summed E-state index contributed by atoms with van der Waals surface area (Å²) in [5.41, 5.74) is 0.0439. The number of benzene rings is 1. The van der Waals surface area contributed by atoms with Crippen molar-refractivity contribution in [2.45, 2.75) is 26.3 Å². The van der Waals surface area contributed by atoms with E-state index in [1.165, 1.54) is 6.07 Å². The van der Waals surface area contributed by atoms with Crippen molar-refractivity contribution in [3.8, 4) is 0 Å². The van der Waals surface area contributed by atoms with Crippen LogP contribution in [-0.2, 0) is 16.0 Å². The maximum atomic E-state index is 13.4. The molecular weight excluding hydrogens is 256 g/mol. The van der Waals surface area contributed by atoms with E-state index >= 15 is 0 Å². The van der Waals surface area contributed by atoms with Gasteiger partial charge in [-0.15, -0.1) is 0 Å². The van der Waals surface area contributed by atoms with Gasteiger partial charge in [0.2, 0.25) is 5.91 Å². The number of carboxylic acids is 1. The van der Waals surface area contributed by atoms with Crippen LogP contribution in [0.5, 0.6) is 0 Å². The topological polar surface area (TPSA) is 57.6 Å². The number of carbonyl (C=O) groups excluding carboxylic acids is 1. The lowest BCUT2D eigenvalue weighted by Gasteiger charge is -2.25. The van der Waals surface area contributed by atoms with Gasteiger partial charge in [0, 0.05) is 12.1 Å². The highest BCUT2D eigenvalue weighted by molar-refractivity contribution is 5.83. The number of carbonyl (C=O) groups is 2. The van der Waals surface area contributed by atoms with Crippen molar-refractivity contribution < 1.29 is 23.5 Å². The molecule has 0 fully saturated rings. The van der Waals surface area contributed by atoms with E-state index in [1.54, 1.807) is 13.8 Å². The van der Waals surface area contributed by atoms with Crippen LogP contribution < -0.4 is 0 Å². The summed E-state index contributed by atoms with van der Waals surface area (Å²) in [7, 11) is 0. The van der Waals surface area contributed by atoms with Gasteiger partial charge in [0.25, 0.3) is 0 Å². The Kier molecular flexibility index (Phi) is 4.97. The Morgan fingerprint density at radius 3 is 2.42 bits per heavy atom. The molecule has 1 amide bonds. The zero-order valence-electron chi connectivity index (χ0n) is 10.7. The quantitative estimate of drug-likeness (QED) is 0.888. The zero-order chi connectivity index (χ0) is 14.6. The van der Waals surface area contributed by atoms with E-state index in [2.05, 4.69) is 0 Å². The maximum Gasteiger partial charge on any atom is 0.323 e. The molecule has 0 aliphatic carbocycles. The molecule has 0 unspecified atom stereocenters. The van der Waals surface area contributed by atoms with Gasteiger partial charge in [-0.25, -0.2) is 8.78 Å². The van der Waals surface area contributed by atoms with E-state index in [0.29, 0.717) is 6.07 Å². The maximum absolute atomic E-state index is 13.4. The number of rotatable bonds is 5. The fraction of sp³-hybridized carbons (Fsp3) is 0.385. The highest BCUT2D eigenvalue weighted by Gasteiger charge is 2.21. The molecule has 19 heavy (non-hydrogen) atoms. The highest BCUT2D eigenvalue weighted by atomic mass is 19.1. The number of nitrogens with zero attached hydrogens (tertiary/aromatic N) is 1. The molecule has 0 aromatic heterocycles. The minimum absolute atomic E-state index is 0.0439. The molecule has 0 saturated heterocycles. The fourth-order valence-corrected chi connectivity index (χ4v) is 1.63. The first-order chi connectivity index (χ1) is 8.81. The Labute approximate surface area is 109 Å². The summed E-state index contributed by atoms with van der Waals surface area (Å²) in [6, 6.07) is 2.62. The second-order valence-electron chi connectivity index (χ2n) is 4.42. The van der Waals surface area contributed by atoms with Crippen molar-refractivity contribution in [3.05, 3.63) is 35.4 Å². The SMILES string of the molecule is CC(C)N(CC(=O)O)C(=O)Cc1ccc(F)cc1F. The molecule has 0 aliphatic rings. The fourth-order valence-electron chi connectivity index (χ4n) is 1.63. The van der Waals surface area contributed by atoms with Gasteiger partial charge < -0.3 is 10.0 Å². The van der Waals surface area contributed by atoms with Crippen molar-refractivity contribution >= 4 is 11.9 Å².